The Morgan fingerprint density at radius 2 is 1.68 bits per heavy atom. The molecule has 0 saturated heterocycles. The number of fused-ring (bicyclic) bond motifs is 2. The third kappa shape index (κ3) is 2.93. The topological polar surface area (TPSA) is 60.7 Å². The number of hydrogen-bond donors (Lipinski definition) is 0. The molecule has 0 aliphatic heterocycles. The summed E-state index contributed by atoms with van der Waals surface area (Å²) in [5, 5.41) is 1.70. The van der Waals surface area contributed by atoms with E-state index < -0.39 is 0 Å². The Morgan fingerprint density at radius 1 is 0.821 bits per heavy atom. The molecule has 3 aromatic heterocycles. The fourth-order valence-corrected chi connectivity index (χ4v) is 3.38. The number of rotatable bonds is 3. The van der Waals surface area contributed by atoms with Gasteiger partial charge < -0.3 is 0 Å². The van der Waals surface area contributed by atoms with Gasteiger partial charge in [-0.15, -0.1) is 0 Å². The SMILES string of the molecule is O=c1c2ccncc2ncn1Cc1ccc(-c2ccc3ncccc3c2)cc1. The maximum Gasteiger partial charge on any atom is 0.261 e. The molecule has 5 aromatic rings. The van der Waals surface area contributed by atoms with Gasteiger partial charge in [-0.1, -0.05) is 36.4 Å². The van der Waals surface area contributed by atoms with E-state index in [1.807, 2.05) is 24.3 Å². The van der Waals surface area contributed by atoms with Crippen molar-refractivity contribution in [2.24, 2.45) is 0 Å². The number of aromatic nitrogens is 4. The van der Waals surface area contributed by atoms with Crippen LogP contribution < -0.4 is 5.56 Å². The second-order valence-electron chi connectivity index (χ2n) is 6.68. The first kappa shape index (κ1) is 16.3. The van der Waals surface area contributed by atoms with Gasteiger partial charge in [-0.25, -0.2) is 4.98 Å². The first-order valence-corrected chi connectivity index (χ1v) is 9.01. The van der Waals surface area contributed by atoms with Crippen molar-refractivity contribution in [3.05, 3.63) is 101 Å². The summed E-state index contributed by atoms with van der Waals surface area (Å²) in [6.45, 7) is 0.478. The van der Waals surface area contributed by atoms with E-state index in [-0.39, 0.29) is 5.56 Å². The Hall–Kier alpha value is -3.86. The highest BCUT2D eigenvalue weighted by molar-refractivity contribution is 5.84. The molecule has 0 unspecified atom stereocenters. The summed E-state index contributed by atoms with van der Waals surface area (Å²) in [5.41, 5.74) is 4.86. The van der Waals surface area contributed by atoms with E-state index in [1.165, 1.54) is 0 Å². The van der Waals surface area contributed by atoms with E-state index in [0.29, 0.717) is 17.4 Å². The number of pyridine rings is 2. The normalized spacial score (nSPS) is 11.1. The highest BCUT2D eigenvalue weighted by atomic mass is 16.1. The molecule has 28 heavy (non-hydrogen) atoms. The van der Waals surface area contributed by atoms with Crippen molar-refractivity contribution in [3.63, 3.8) is 0 Å². The molecule has 0 N–H and O–H groups in total. The molecule has 0 atom stereocenters. The Kier molecular flexibility index (Phi) is 3.91. The first-order chi connectivity index (χ1) is 13.8. The maximum atomic E-state index is 12.6. The third-order valence-electron chi connectivity index (χ3n) is 4.87. The zero-order valence-electron chi connectivity index (χ0n) is 15.0. The quantitative estimate of drug-likeness (QED) is 0.484. The molecule has 134 valence electrons. The standard InChI is InChI=1S/C23H16N4O/c28-23-20-9-11-24-13-22(20)26-15-27(23)14-16-3-5-17(6-4-16)18-7-8-21-19(12-18)2-1-10-25-21/h1-13,15H,14H2. The van der Waals surface area contributed by atoms with Crippen LogP contribution >= 0.6 is 0 Å². The summed E-state index contributed by atoms with van der Waals surface area (Å²) in [6.07, 6.45) is 6.60. The summed E-state index contributed by atoms with van der Waals surface area (Å²) >= 11 is 0. The van der Waals surface area contributed by atoms with E-state index in [2.05, 4.69) is 45.3 Å². The van der Waals surface area contributed by atoms with Crippen molar-refractivity contribution in [2.45, 2.75) is 6.54 Å². The fraction of sp³-hybridized carbons (Fsp3) is 0.0435. The second kappa shape index (κ2) is 6.70. The Morgan fingerprint density at radius 3 is 2.57 bits per heavy atom. The van der Waals surface area contributed by atoms with E-state index >= 15 is 0 Å². The predicted octanol–water partition coefficient (Wildman–Crippen LogP) is 4.06. The number of hydrogen-bond acceptors (Lipinski definition) is 4. The molecule has 3 heterocycles. The summed E-state index contributed by atoms with van der Waals surface area (Å²) < 4.78 is 1.62. The average molecular weight is 364 g/mol. The van der Waals surface area contributed by atoms with Crippen LogP contribution in [0.25, 0.3) is 32.9 Å². The van der Waals surface area contributed by atoms with Gasteiger partial charge in [0.25, 0.3) is 5.56 Å². The van der Waals surface area contributed by atoms with Gasteiger partial charge in [0.2, 0.25) is 0 Å². The van der Waals surface area contributed by atoms with Gasteiger partial charge in [0.05, 0.1) is 35.5 Å². The number of benzene rings is 2. The lowest BCUT2D eigenvalue weighted by atomic mass is 10.0. The lowest BCUT2D eigenvalue weighted by Gasteiger charge is -2.08. The zero-order chi connectivity index (χ0) is 18.9. The molecule has 0 bridgehead atoms. The largest absolute Gasteiger partial charge is 0.294 e. The molecule has 0 radical (unpaired) electrons. The summed E-state index contributed by atoms with van der Waals surface area (Å²) in [6, 6.07) is 20.2. The summed E-state index contributed by atoms with van der Waals surface area (Å²) in [4.78, 5) is 25.3. The molecular weight excluding hydrogens is 348 g/mol. The van der Waals surface area contributed by atoms with Crippen LogP contribution in [0, 0.1) is 0 Å². The van der Waals surface area contributed by atoms with Crippen LogP contribution in [0.2, 0.25) is 0 Å². The van der Waals surface area contributed by atoms with Crippen molar-refractivity contribution in [2.75, 3.05) is 0 Å². The van der Waals surface area contributed by atoms with Gasteiger partial charge in [-0.3, -0.25) is 19.3 Å². The van der Waals surface area contributed by atoms with Gasteiger partial charge in [-0.05, 0) is 41.0 Å². The Bertz CT molecular complexity index is 1360. The molecule has 2 aromatic carbocycles. The van der Waals surface area contributed by atoms with Crippen LogP contribution in [0.3, 0.4) is 0 Å². The monoisotopic (exact) mass is 364 g/mol. The Labute approximate surface area is 161 Å². The molecule has 0 aliphatic rings. The highest BCUT2D eigenvalue weighted by Gasteiger charge is 2.05. The fourth-order valence-electron chi connectivity index (χ4n) is 3.38. The Balaban J connectivity index is 1.45. The maximum absolute atomic E-state index is 12.6. The molecule has 0 saturated carbocycles. The minimum absolute atomic E-state index is 0.0569. The van der Waals surface area contributed by atoms with E-state index in [0.717, 1.165) is 27.6 Å². The minimum Gasteiger partial charge on any atom is -0.294 e. The molecule has 0 fully saturated rings. The average Bonchev–Trinajstić information content (AvgIpc) is 2.76. The van der Waals surface area contributed by atoms with Crippen molar-refractivity contribution < 1.29 is 0 Å². The molecule has 0 spiro atoms. The van der Waals surface area contributed by atoms with Crippen LogP contribution in [0.1, 0.15) is 5.56 Å². The van der Waals surface area contributed by atoms with Crippen LogP contribution in [0.15, 0.2) is 90.4 Å². The second-order valence-corrected chi connectivity index (χ2v) is 6.68. The van der Waals surface area contributed by atoms with E-state index in [1.54, 1.807) is 35.6 Å². The van der Waals surface area contributed by atoms with E-state index in [9.17, 15) is 4.79 Å². The molecule has 0 amide bonds. The lowest BCUT2D eigenvalue weighted by molar-refractivity contribution is 0.748. The molecule has 0 aliphatic carbocycles. The zero-order valence-corrected chi connectivity index (χ0v) is 15.0. The van der Waals surface area contributed by atoms with Crippen molar-refractivity contribution in [1.29, 1.82) is 0 Å². The highest BCUT2D eigenvalue weighted by Crippen LogP contribution is 2.24. The van der Waals surface area contributed by atoms with Crippen LogP contribution in [0.4, 0.5) is 0 Å². The molecule has 5 nitrogen and oxygen atoms in total. The van der Waals surface area contributed by atoms with E-state index in [4.69, 9.17) is 0 Å². The predicted molar refractivity (Wildman–Crippen MR) is 110 cm³/mol. The van der Waals surface area contributed by atoms with Crippen molar-refractivity contribution >= 4 is 21.8 Å². The summed E-state index contributed by atoms with van der Waals surface area (Å²) in [7, 11) is 0. The summed E-state index contributed by atoms with van der Waals surface area (Å²) in [5.74, 6) is 0. The van der Waals surface area contributed by atoms with Gasteiger partial charge >= 0.3 is 0 Å². The van der Waals surface area contributed by atoms with Crippen molar-refractivity contribution in [3.8, 4) is 11.1 Å². The molecule has 5 rings (SSSR count). The van der Waals surface area contributed by atoms with Gasteiger partial charge in [-0.2, -0.15) is 0 Å². The minimum atomic E-state index is -0.0569. The van der Waals surface area contributed by atoms with Gasteiger partial charge in [0.15, 0.2) is 0 Å². The van der Waals surface area contributed by atoms with Crippen LogP contribution in [-0.2, 0) is 6.54 Å². The van der Waals surface area contributed by atoms with Crippen molar-refractivity contribution in [1.82, 2.24) is 19.5 Å². The van der Waals surface area contributed by atoms with Gasteiger partial charge in [0, 0.05) is 17.8 Å². The lowest BCUT2D eigenvalue weighted by Crippen LogP contribution is -2.21. The third-order valence-corrected chi connectivity index (χ3v) is 4.87. The van der Waals surface area contributed by atoms with Crippen LogP contribution in [0.5, 0.6) is 0 Å². The smallest absolute Gasteiger partial charge is 0.261 e. The molecular formula is C23H16N4O. The van der Waals surface area contributed by atoms with Crippen LogP contribution in [-0.4, -0.2) is 19.5 Å². The first-order valence-electron chi connectivity index (χ1n) is 9.01. The van der Waals surface area contributed by atoms with Gasteiger partial charge in [0.1, 0.15) is 0 Å². The molecule has 5 heteroatoms. The number of nitrogens with zero attached hydrogens (tertiary/aromatic N) is 4.